The molecule has 0 bridgehead atoms. The second kappa shape index (κ2) is 6.09. The molecule has 5 rings (SSSR count). The maximum atomic E-state index is 12.9. The average Bonchev–Trinajstić information content (AvgIpc) is 3.17. The molecule has 0 N–H and O–H groups in total. The van der Waals surface area contributed by atoms with Gasteiger partial charge in [-0.2, -0.15) is 0 Å². The summed E-state index contributed by atoms with van der Waals surface area (Å²) in [7, 11) is 0. The van der Waals surface area contributed by atoms with E-state index in [1.54, 1.807) is 0 Å². The van der Waals surface area contributed by atoms with Crippen LogP contribution in [0.5, 0.6) is 0 Å². The molecule has 0 spiro atoms. The number of piperazine rings is 2. The maximum absolute atomic E-state index is 12.9. The van der Waals surface area contributed by atoms with Gasteiger partial charge in [0.05, 0.1) is 0 Å². The Morgan fingerprint density at radius 3 is 2.54 bits per heavy atom. The van der Waals surface area contributed by atoms with E-state index in [2.05, 4.69) is 47.4 Å². The SMILES string of the molecule is O=C1C2CN(Cc3cccc4ccccc34)CCN2C(=O)C2CCCN12. The van der Waals surface area contributed by atoms with Gasteiger partial charge in [0.1, 0.15) is 12.1 Å². The lowest BCUT2D eigenvalue weighted by atomic mass is 10.0. The molecule has 2 amide bonds. The van der Waals surface area contributed by atoms with Gasteiger partial charge in [0.25, 0.3) is 0 Å². The van der Waals surface area contributed by atoms with E-state index in [1.807, 2.05) is 9.80 Å². The van der Waals surface area contributed by atoms with Crippen LogP contribution in [0.15, 0.2) is 42.5 Å². The van der Waals surface area contributed by atoms with Crippen LogP contribution in [-0.2, 0) is 16.1 Å². The Morgan fingerprint density at radius 2 is 1.62 bits per heavy atom. The van der Waals surface area contributed by atoms with Crippen LogP contribution < -0.4 is 0 Å². The number of hydrogen-bond acceptors (Lipinski definition) is 3. The number of carbonyl (C=O) groups excluding carboxylic acids is 2. The molecule has 3 heterocycles. The van der Waals surface area contributed by atoms with Crippen LogP contribution >= 0.6 is 0 Å². The van der Waals surface area contributed by atoms with Gasteiger partial charge in [0, 0.05) is 32.7 Å². The fourth-order valence-corrected chi connectivity index (χ4v) is 4.80. The largest absolute Gasteiger partial charge is 0.329 e. The van der Waals surface area contributed by atoms with Crippen molar-refractivity contribution in [2.45, 2.75) is 31.5 Å². The predicted octanol–water partition coefficient (Wildman–Crippen LogP) is 1.86. The average molecular weight is 349 g/mol. The van der Waals surface area contributed by atoms with Crippen molar-refractivity contribution in [2.24, 2.45) is 0 Å². The van der Waals surface area contributed by atoms with Crippen molar-refractivity contribution in [1.82, 2.24) is 14.7 Å². The lowest BCUT2D eigenvalue weighted by Gasteiger charge is -2.47. The van der Waals surface area contributed by atoms with E-state index < -0.39 is 0 Å². The number of benzene rings is 2. The summed E-state index contributed by atoms with van der Waals surface area (Å²) in [6, 6.07) is 14.3. The van der Waals surface area contributed by atoms with Crippen LogP contribution in [0, 0.1) is 0 Å². The minimum atomic E-state index is -0.305. The maximum Gasteiger partial charge on any atom is 0.247 e. The van der Waals surface area contributed by atoms with Gasteiger partial charge in [-0.15, -0.1) is 0 Å². The van der Waals surface area contributed by atoms with Crippen molar-refractivity contribution in [3.05, 3.63) is 48.0 Å². The van der Waals surface area contributed by atoms with Crippen molar-refractivity contribution in [1.29, 1.82) is 0 Å². The van der Waals surface area contributed by atoms with Crippen molar-refractivity contribution >= 4 is 22.6 Å². The van der Waals surface area contributed by atoms with E-state index in [1.165, 1.54) is 16.3 Å². The van der Waals surface area contributed by atoms with Gasteiger partial charge < -0.3 is 9.80 Å². The minimum absolute atomic E-state index is 0.148. The second-order valence-electron chi connectivity index (χ2n) is 7.61. The summed E-state index contributed by atoms with van der Waals surface area (Å²) in [6.45, 7) is 3.67. The number of rotatable bonds is 2. The normalized spacial score (nSPS) is 26.3. The zero-order valence-electron chi connectivity index (χ0n) is 14.8. The summed E-state index contributed by atoms with van der Waals surface area (Å²) in [4.78, 5) is 31.6. The van der Waals surface area contributed by atoms with E-state index in [4.69, 9.17) is 0 Å². The molecule has 2 atom stereocenters. The van der Waals surface area contributed by atoms with Crippen molar-refractivity contribution in [3.63, 3.8) is 0 Å². The Bertz CT molecular complexity index is 875. The molecule has 0 saturated carbocycles. The minimum Gasteiger partial charge on any atom is -0.329 e. The summed E-state index contributed by atoms with van der Waals surface area (Å²) >= 11 is 0. The third-order valence-corrected chi connectivity index (χ3v) is 6.13. The number of fused-ring (bicyclic) bond motifs is 3. The quantitative estimate of drug-likeness (QED) is 0.831. The molecule has 2 aromatic rings. The number of amides is 2. The highest BCUT2D eigenvalue weighted by Crippen LogP contribution is 2.29. The van der Waals surface area contributed by atoms with E-state index in [0.717, 1.165) is 32.5 Å². The van der Waals surface area contributed by atoms with E-state index >= 15 is 0 Å². The fourth-order valence-electron chi connectivity index (χ4n) is 4.80. The molecule has 3 aliphatic rings. The fraction of sp³-hybridized carbons (Fsp3) is 0.429. The highest BCUT2D eigenvalue weighted by molar-refractivity contribution is 5.97. The number of nitrogens with zero attached hydrogens (tertiary/aromatic N) is 3. The molecule has 3 aliphatic heterocycles. The topological polar surface area (TPSA) is 43.9 Å². The molecule has 2 aromatic carbocycles. The van der Waals surface area contributed by atoms with Crippen LogP contribution in [0.3, 0.4) is 0 Å². The smallest absolute Gasteiger partial charge is 0.247 e. The molecule has 0 radical (unpaired) electrons. The summed E-state index contributed by atoms with van der Waals surface area (Å²) in [5.74, 6) is 0.312. The van der Waals surface area contributed by atoms with Crippen LogP contribution in [0.25, 0.3) is 10.8 Å². The monoisotopic (exact) mass is 349 g/mol. The lowest BCUT2D eigenvalue weighted by molar-refractivity contribution is -0.163. The molecule has 134 valence electrons. The molecular weight excluding hydrogens is 326 g/mol. The first-order chi connectivity index (χ1) is 12.7. The van der Waals surface area contributed by atoms with Gasteiger partial charge >= 0.3 is 0 Å². The highest BCUT2D eigenvalue weighted by Gasteiger charge is 2.49. The third-order valence-electron chi connectivity index (χ3n) is 6.13. The first kappa shape index (κ1) is 15.8. The molecule has 3 fully saturated rings. The van der Waals surface area contributed by atoms with Gasteiger partial charge in [-0.1, -0.05) is 42.5 Å². The zero-order chi connectivity index (χ0) is 17.7. The first-order valence-electron chi connectivity index (χ1n) is 9.52. The Labute approximate surface area is 153 Å². The third kappa shape index (κ3) is 2.42. The summed E-state index contributed by atoms with van der Waals surface area (Å²) in [5.41, 5.74) is 1.28. The summed E-state index contributed by atoms with van der Waals surface area (Å²) in [6.07, 6.45) is 1.77. The first-order valence-corrected chi connectivity index (χ1v) is 9.52. The molecule has 2 unspecified atom stereocenters. The van der Waals surface area contributed by atoms with Crippen LogP contribution in [0.4, 0.5) is 0 Å². The van der Waals surface area contributed by atoms with Crippen molar-refractivity contribution in [3.8, 4) is 0 Å². The molecular formula is C21H23N3O2. The molecule has 0 aliphatic carbocycles. The van der Waals surface area contributed by atoms with Gasteiger partial charge in [-0.3, -0.25) is 14.5 Å². The Balaban J connectivity index is 1.38. The van der Waals surface area contributed by atoms with E-state index in [-0.39, 0.29) is 23.9 Å². The van der Waals surface area contributed by atoms with Gasteiger partial charge in [0.2, 0.25) is 11.8 Å². The summed E-state index contributed by atoms with van der Waals surface area (Å²) < 4.78 is 0. The Morgan fingerprint density at radius 1 is 0.846 bits per heavy atom. The van der Waals surface area contributed by atoms with E-state index in [0.29, 0.717) is 13.1 Å². The van der Waals surface area contributed by atoms with Crippen LogP contribution in [0.2, 0.25) is 0 Å². The molecule has 3 saturated heterocycles. The second-order valence-corrected chi connectivity index (χ2v) is 7.61. The lowest BCUT2D eigenvalue weighted by Crippen LogP contribution is -2.68. The molecule has 5 heteroatoms. The Hall–Kier alpha value is -2.40. The van der Waals surface area contributed by atoms with Crippen LogP contribution in [0.1, 0.15) is 18.4 Å². The van der Waals surface area contributed by atoms with Crippen LogP contribution in [-0.4, -0.2) is 64.8 Å². The van der Waals surface area contributed by atoms with Crippen molar-refractivity contribution < 1.29 is 9.59 Å². The van der Waals surface area contributed by atoms with Gasteiger partial charge in [0.15, 0.2) is 0 Å². The predicted molar refractivity (Wildman–Crippen MR) is 99.5 cm³/mol. The molecule has 5 nitrogen and oxygen atoms in total. The van der Waals surface area contributed by atoms with Gasteiger partial charge in [-0.25, -0.2) is 0 Å². The van der Waals surface area contributed by atoms with Gasteiger partial charge in [-0.05, 0) is 29.2 Å². The molecule has 0 aromatic heterocycles. The highest BCUT2D eigenvalue weighted by atomic mass is 16.2. The van der Waals surface area contributed by atoms with E-state index in [9.17, 15) is 9.59 Å². The Kier molecular flexibility index (Phi) is 3.71. The standard InChI is InChI=1S/C21H23N3O2/c25-20-18-9-4-10-23(18)21(26)19-14-22(11-12-24(19)20)13-16-7-3-6-15-5-1-2-8-17(15)16/h1-3,5-8,18-19H,4,9-14H2. The number of carbonyl (C=O) groups is 2. The molecule has 26 heavy (non-hydrogen) atoms. The zero-order valence-corrected chi connectivity index (χ0v) is 14.8. The van der Waals surface area contributed by atoms with Crippen molar-refractivity contribution in [2.75, 3.05) is 26.2 Å². The number of hydrogen-bond donors (Lipinski definition) is 0. The summed E-state index contributed by atoms with van der Waals surface area (Å²) in [5, 5.41) is 2.51.